The van der Waals surface area contributed by atoms with Gasteiger partial charge in [0.1, 0.15) is 0 Å². The van der Waals surface area contributed by atoms with Gasteiger partial charge in [-0.15, -0.1) is 0 Å². The summed E-state index contributed by atoms with van der Waals surface area (Å²) in [6, 6.07) is 0. The van der Waals surface area contributed by atoms with E-state index in [9.17, 15) is 4.79 Å². The predicted molar refractivity (Wildman–Crippen MR) is 105 cm³/mol. The van der Waals surface area contributed by atoms with E-state index < -0.39 is 5.79 Å². The molecule has 5 heteroatoms. The SMILES string of the molecule is C/C(CC1CCCCCCCCCCC1)=N/NC(=O)CC1(C)OCCO1. The molecule has 1 aliphatic heterocycles. The fourth-order valence-electron chi connectivity index (χ4n) is 4.06. The summed E-state index contributed by atoms with van der Waals surface area (Å²) in [5.74, 6) is -0.234. The molecule has 5 nitrogen and oxygen atoms in total. The van der Waals surface area contributed by atoms with Crippen molar-refractivity contribution in [2.24, 2.45) is 11.0 Å². The van der Waals surface area contributed by atoms with E-state index in [1.807, 2.05) is 6.92 Å². The van der Waals surface area contributed by atoms with E-state index in [4.69, 9.17) is 9.47 Å². The second-order valence-corrected chi connectivity index (χ2v) is 8.22. The Labute approximate surface area is 159 Å². The lowest BCUT2D eigenvalue weighted by Gasteiger charge is -2.21. The number of carbonyl (C=O) groups excluding carboxylic acids is 1. The van der Waals surface area contributed by atoms with Gasteiger partial charge in [0.2, 0.25) is 5.91 Å². The fraction of sp³-hybridized carbons (Fsp3) is 0.905. The minimum Gasteiger partial charge on any atom is -0.347 e. The molecule has 0 spiro atoms. The molecule has 2 rings (SSSR count). The van der Waals surface area contributed by atoms with Crippen LogP contribution in [0.25, 0.3) is 0 Å². The Hall–Kier alpha value is -0.940. The van der Waals surface area contributed by atoms with E-state index >= 15 is 0 Å². The zero-order valence-corrected chi connectivity index (χ0v) is 16.9. The normalized spacial score (nSPS) is 23.8. The van der Waals surface area contributed by atoms with Crippen LogP contribution in [0.3, 0.4) is 0 Å². The van der Waals surface area contributed by atoms with Gasteiger partial charge < -0.3 is 9.47 Å². The van der Waals surface area contributed by atoms with Gasteiger partial charge >= 0.3 is 0 Å². The van der Waals surface area contributed by atoms with Crippen molar-refractivity contribution in [2.45, 2.75) is 103 Å². The van der Waals surface area contributed by atoms with Gasteiger partial charge in [-0.2, -0.15) is 5.10 Å². The van der Waals surface area contributed by atoms with Crippen molar-refractivity contribution < 1.29 is 14.3 Å². The molecule has 1 saturated carbocycles. The second-order valence-electron chi connectivity index (χ2n) is 8.22. The molecular formula is C21H38N2O3. The molecule has 1 aliphatic carbocycles. The van der Waals surface area contributed by atoms with Crippen molar-refractivity contribution in [1.82, 2.24) is 5.43 Å². The van der Waals surface area contributed by atoms with Gasteiger partial charge in [-0.25, -0.2) is 5.43 Å². The molecule has 0 aromatic rings. The smallest absolute Gasteiger partial charge is 0.245 e. The Morgan fingerprint density at radius 1 is 0.962 bits per heavy atom. The van der Waals surface area contributed by atoms with E-state index in [2.05, 4.69) is 10.5 Å². The molecule has 150 valence electrons. The highest BCUT2D eigenvalue weighted by Crippen LogP contribution is 2.24. The molecule has 1 amide bonds. The Bertz CT molecular complexity index is 433. The summed E-state index contributed by atoms with van der Waals surface area (Å²) >= 11 is 0. The summed E-state index contributed by atoms with van der Waals surface area (Å²) in [5, 5.41) is 4.33. The monoisotopic (exact) mass is 366 g/mol. The number of carbonyl (C=O) groups is 1. The first-order valence-electron chi connectivity index (χ1n) is 10.7. The Morgan fingerprint density at radius 3 is 2.00 bits per heavy atom. The number of nitrogens with zero attached hydrogens (tertiary/aromatic N) is 1. The van der Waals surface area contributed by atoms with Crippen LogP contribution in [0.2, 0.25) is 0 Å². The van der Waals surface area contributed by atoms with E-state index in [1.54, 1.807) is 6.92 Å². The Kier molecular flexibility index (Phi) is 9.62. The number of hydrazone groups is 1. The quantitative estimate of drug-likeness (QED) is 0.553. The first-order chi connectivity index (χ1) is 12.6. The lowest BCUT2D eigenvalue weighted by atomic mass is 9.89. The van der Waals surface area contributed by atoms with Gasteiger partial charge in [-0.1, -0.05) is 70.6 Å². The molecule has 0 aromatic carbocycles. The van der Waals surface area contributed by atoms with Crippen LogP contribution in [0.15, 0.2) is 5.10 Å². The van der Waals surface area contributed by atoms with Crippen LogP contribution in [-0.4, -0.2) is 30.6 Å². The van der Waals surface area contributed by atoms with Crippen LogP contribution < -0.4 is 5.43 Å². The highest BCUT2D eigenvalue weighted by Gasteiger charge is 2.33. The Balaban J connectivity index is 1.74. The second kappa shape index (κ2) is 11.7. The largest absolute Gasteiger partial charge is 0.347 e. The zero-order valence-electron chi connectivity index (χ0n) is 16.9. The first kappa shape index (κ1) is 21.4. The molecule has 26 heavy (non-hydrogen) atoms. The van der Waals surface area contributed by atoms with Gasteiger partial charge in [0.05, 0.1) is 19.6 Å². The summed E-state index contributed by atoms with van der Waals surface area (Å²) in [4.78, 5) is 12.1. The standard InChI is InChI=1S/C21H38N2O3/c1-18(22-23-20(24)17-21(2)25-14-15-26-21)16-19-12-10-8-6-4-3-5-7-9-11-13-19/h19H,3-17H2,1-2H3,(H,23,24)/b22-18-. The first-order valence-corrected chi connectivity index (χ1v) is 10.7. The van der Waals surface area contributed by atoms with Crippen molar-refractivity contribution in [3.8, 4) is 0 Å². The molecule has 0 aromatic heterocycles. The number of nitrogens with one attached hydrogen (secondary N) is 1. The van der Waals surface area contributed by atoms with Crippen molar-refractivity contribution in [3.05, 3.63) is 0 Å². The maximum Gasteiger partial charge on any atom is 0.245 e. The lowest BCUT2D eigenvalue weighted by molar-refractivity contribution is -0.159. The van der Waals surface area contributed by atoms with Crippen LogP contribution in [0.5, 0.6) is 0 Å². The minimum atomic E-state index is -0.791. The summed E-state index contributed by atoms with van der Waals surface area (Å²) < 4.78 is 10.9. The van der Waals surface area contributed by atoms with Gasteiger partial charge in [-0.3, -0.25) is 4.79 Å². The summed E-state index contributed by atoms with van der Waals surface area (Å²) in [7, 11) is 0. The number of hydrogen-bond donors (Lipinski definition) is 1. The van der Waals surface area contributed by atoms with Crippen LogP contribution in [0.1, 0.15) is 97.3 Å². The van der Waals surface area contributed by atoms with Crippen molar-refractivity contribution >= 4 is 11.6 Å². The average Bonchev–Trinajstić information content (AvgIpc) is 3.01. The predicted octanol–water partition coefficient (Wildman–Crippen LogP) is 4.94. The molecule has 1 N–H and O–H groups in total. The van der Waals surface area contributed by atoms with Crippen LogP contribution >= 0.6 is 0 Å². The van der Waals surface area contributed by atoms with Gasteiger partial charge in [0, 0.05) is 5.71 Å². The third-order valence-corrected chi connectivity index (χ3v) is 5.56. The van der Waals surface area contributed by atoms with E-state index in [0.29, 0.717) is 19.1 Å². The lowest BCUT2D eigenvalue weighted by Crippen LogP contribution is -2.33. The molecule has 0 radical (unpaired) electrons. The van der Waals surface area contributed by atoms with Crippen LogP contribution in [-0.2, 0) is 14.3 Å². The highest BCUT2D eigenvalue weighted by molar-refractivity contribution is 5.84. The van der Waals surface area contributed by atoms with Crippen molar-refractivity contribution in [3.63, 3.8) is 0 Å². The van der Waals surface area contributed by atoms with Gasteiger partial charge in [-0.05, 0) is 26.2 Å². The molecule has 2 fully saturated rings. The molecule has 1 saturated heterocycles. The van der Waals surface area contributed by atoms with E-state index in [1.165, 1.54) is 70.6 Å². The summed E-state index contributed by atoms with van der Waals surface area (Å²) in [5.41, 5.74) is 3.70. The highest BCUT2D eigenvalue weighted by atomic mass is 16.7. The number of rotatable bonds is 5. The number of ether oxygens (including phenoxy) is 2. The van der Waals surface area contributed by atoms with E-state index in [0.717, 1.165) is 12.1 Å². The maximum atomic E-state index is 12.1. The number of amides is 1. The Morgan fingerprint density at radius 2 is 1.46 bits per heavy atom. The van der Waals surface area contributed by atoms with Crippen LogP contribution in [0.4, 0.5) is 0 Å². The third kappa shape index (κ3) is 8.63. The van der Waals surface area contributed by atoms with Crippen LogP contribution in [0, 0.1) is 5.92 Å². The molecule has 2 aliphatic rings. The maximum absolute atomic E-state index is 12.1. The molecule has 0 atom stereocenters. The summed E-state index contributed by atoms with van der Waals surface area (Å²) in [6.07, 6.45) is 16.2. The number of hydrogen-bond acceptors (Lipinski definition) is 4. The summed E-state index contributed by atoms with van der Waals surface area (Å²) in [6.45, 7) is 4.93. The third-order valence-electron chi connectivity index (χ3n) is 5.56. The molecular weight excluding hydrogens is 328 g/mol. The molecule has 1 heterocycles. The zero-order chi connectivity index (χ0) is 18.7. The minimum absolute atomic E-state index is 0.146. The van der Waals surface area contributed by atoms with Gasteiger partial charge in [0.15, 0.2) is 5.79 Å². The topological polar surface area (TPSA) is 59.9 Å². The average molecular weight is 367 g/mol. The van der Waals surface area contributed by atoms with Crippen molar-refractivity contribution in [2.75, 3.05) is 13.2 Å². The fourth-order valence-corrected chi connectivity index (χ4v) is 4.06. The molecule has 0 unspecified atom stereocenters. The van der Waals surface area contributed by atoms with E-state index in [-0.39, 0.29) is 12.3 Å². The molecule has 0 bridgehead atoms. The van der Waals surface area contributed by atoms with Crippen molar-refractivity contribution in [1.29, 1.82) is 0 Å². The van der Waals surface area contributed by atoms with Gasteiger partial charge in [0.25, 0.3) is 0 Å².